The van der Waals surface area contributed by atoms with Gasteiger partial charge in [0.25, 0.3) is 0 Å². The molecule has 11 rings (SSSR count). The van der Waals surface area contributed by atoms with Crippen LogP contribution in [0.25, 0.3) is 82.1 Å². The molecule has 49 heavy (non-hydrogen) atoms. The Balaban J connectivity index is 1.09. The van der Waals surface area contributed by atoms with Gasteiger partial charge in [0.2, 0.25) is 0 Å². The third kappa shape index (κ3) is 3.97. The average molecular weight is 643 g/mol. The summed E-state index contributed by atoms with van der Waals surface area (Å²) in [4.78, 5) is 2.78. The van der Waals surface area contributed by atoms with Crippen molar-refractivity contribution in [3.05, 3.63) is 169 Å². The standard InChI is InChI=1S/C46H30N2S/c1-2-12-32(13-3-1)47-40-17-6-5-15-35(40)38-28-33(22-24-43(38)47)48-41-18-7-4-14-34(41)37-26-30(20-23-42(37)48)31-21-25-44-39(27-31)36-16-8-10-29-11-9-19-45(49-44)46(29)36/h1-8,10,12-28H,9,11H2. The molecule has 0 unspecified atom stereocenters. The molecule has 0 atom stereocenters. The number of aromatic nitrogens is 2. The molecule has 7 aromatic carbocycles. The number of thioether (sulfide) groups is 1. The summed E-state index contributed by atoms with van der Waals surface area (Å²) in [7, 11) is 0. The summed E-state index contributed by atoms with van der Waals surface area (Å²) in [6.07, 6.45) is 4.69. The summed E-state index contributed by atoms with van der Waals surface area (Å²) >= 11 is 1.93. The summed E-state index contributed by atoms with van der Waals surface area (Å²) in [6, 6.07) is 56.2. The summed E-state index contributed by atoms with van der Waals surface area (Å²) in [5.41, 5.74) is 15.4. The molecule has 9 aromatic rings. The van der Waals surface area contributed by atoms with Crippen LogP contribution in [0, 0.1) is 0 Å². The van der Waals surface area contributed by atoms with Crippen molar-refractivity contribution in [3.8, 4) is 33.6 Å². The molecule has 3 heterocycles. The normalized spacial score (nSPS) is 13.6. The molecule has 0 bridgehead atoms. The van der Waals surface area contributed by atoms with E-state index < -0.39 is 0 Å². The highest BCUT2D eigenvalue weighted by Crippen LogP contribution is 2.52. The molecule has 1 aliphatic heterocycles. The lowest BCUT2D eigenvalue weighted by molar-refractivity contribution is 0.983. The van der Waals surface area contributed by atoms with Gasteiger partial charge in [-0.1, -0.05) is 103 Å². The predicted molar refractivity (Wildman–Crippen MR) is 208 cm³/mol. The molecule has 3 heteroatoms. The molecule has 0 saturated heterocycles. The minimum Gasteiger partial charge on any atom is -0.309 e. The molecule has 0 N–H and O–H groups in total. The number of para-hydroxylation sites is 3. The fourth-order valence-corrected chi connectivity index (χ4v) is 9.59. The smallest absolute Gasteiger partial charge is 0.0542 e. The number of allylic oxidation sites excluding steroid dienone is 1. The Morgan fingerprint density at radius 3 is 1.92 bits per heavy atom. The second-order valence-electron chi connectivity index (χ2n) is 13.2. The first-order valence-corrected chi connectivity index (χ1v) is 17.9. The first-order chi connectivity index (χ1) is 24.3. The number of nitrogens with zero attached hydrogens (tertiary/aromatic N) is 2. The third-order valence-corrected chi connectivity index (χ3v) is 11.7. The second kappa shape index (κ2) is 10.4. The maximum atomic E-state index is 2.44. The first kappa shape index (κ1) is 27.2. The second-order valence-corrected chi connectivity index (χ2v) is 14.3. The number of fused-ring (bicyclic) bond motifs is 8. The fraction of sp³-hybridized carbons (Fsp3) is 0.0435. The quantitative estimate of drug-likeness (QED) is 0.186. The molecule has 0 amide bonds. The van der Waals surface area contributed by atoms with Crippen molar-refractivity contribution in [2.45, 2.75) is 17.7 Å². The lowest BCUT2D eigenvalue weighted by Crippen LogP contribution is -2.04. The average Bonchev–Trinajstić information content (AvgIpc) is 3.67. The van der Waals surface area contributed by atoms with Crippen molar-refractivity contribution in [1.29, 1.82) is 0 Å². The van der Waals surface area contributed by atoms with Crippen LogP contribution in [-0.2, 0) is 6.42 Å². The number of hydrogen-bond donors (Lipinski definition) is 0. The van der Waals surface area contributed by atoms with Gasteiger partial charge in [0.1, 0.15) is 0 Å². The Hall–Kier alpha value is -5.77. The number of hydrogen-bond acceptors (Lipinski definition) is 1. The van der Waals surface area contributed by atoms with Crippen molar-refractivity contribution >= 4 is 60.3 Å². The lowest BCUT2D eigenvalue weighted by atomic mass is 9.88. The van der Waals surface area contributed by atoms with Crippen LogP contribution in [0.3, 0.4) is 0 Å². The van der Waals surface area contributed by atoms with E-state index in [-0.39, 0.29) is 0 Å². The molecule has 0 spiro atoms. The SMILES string of the molecule is C1=C2Sc3ccc(-c4ccc5c(c4)c4ccccc4n5-c4ccc5c(c4)c4ccccc4n5-c4ccccc4)cc3-c3cccc(c32)CC1. The van der Waals surface area contributed by atoms with Gasteiger partial charge >= 0.3 is 0 Å². The van der Waals surface area contributed by atoms with Crippen molar-refractivity contribution in [1.82, 2.24) is 9.13 Å². The highest BCUT2D eigenvalue weighted by Gasteiger charge is 2.25. The topological polar surface area (TPSA) is 9.86 Å². The Bertz CT molecular complexity index is 2850. The summed E-state index contributed by atoms with van der Waals surface area (Å²) in [5, 5.41) is 5.06. The molecule has 0 fully saturated rings. The Morgan fingerprint density at radius 2 is 1.10 bits per heavy atom. The molecule has 2 aromatic heterocycles. The number of rotatable bonds is 3. The predicted octanol–water partition coefficient (Wildman–Crippen LogP) is 12.6. The van der Waals surface area contributed by atoms with Crippen molar-refractivity contribution in [2.75, 3.05) is 0 Å². The van der Waals surface area contributed by atoms with E-state index in [1.54, 1.807) is 0 Å². The van der Waals surface area contributed by atoms with Crippen molar-refractivity contribution in [3.63, 3.8) is 0 Å². The highest BCUT2D eigenvalue weighted by atomic mass is 32.2. The number of benzene rings is 7. The van der Waals surface area contributed by atoms with Crippen LogP contribution >= 0.6 is 11.8 Å². The molecule has 2 nitrogen and oxygen atoms in total. The molecular weight excluding hydrogens is 613 g/mol. The van der Waals surface area contributed by atoms with E-state index in [1.807, 2.05) is 11.8 Å². The zero-order valence-corrected chi connectivity index (χ0v) is 27.5. The van der Waals surface area contributed by atoms with Crippen molar-refractivity contribution < 1.29 is 0 Å². The van der Waals surface area contributed by atoms with Crippen molar-refractivity contribution in [2.24, 2.45) is 0 Å². The Labute approximate surface area is 288 Å². The van der Waals surface area contributed by atoms with Gasteiger partial charge in [0.05, 0.1) is 22.1 Å². The van der Waals surface area contributed by atoms with E-state index in [0.29, 0.717) is 0 Å². The molecule has 0 saturated carbocycles. The van der Waals surface area contributed by atoms with Gasteiger partial charge in [-0.2, -0.15) is 0 Å². The molecule has 1 aliphatic carbocycles. The van der Waals surface area contributed by atoms with Gasteiger partial charge in [-0.05, 0) is 113 Å². The van der Waals surface area contributed by atoms with Gasteiger partial charge in [-0.3, -0.25) is 0 Å². The third-order valence-electron chi connectivity index (χ3n) is 10.6. The van der Waals surface area contributed by atoms with E-state index in [2.05, 4.69) is 167 Å². The molecule has 230 valence electrons. The van der Waals surface area contributed by atoms with E-state index in [1.165, 1.54) is 98.2 Å². The van der Waals surface area contributed by atoms with E-state index >= 15 is 0 Å². The van der Waals surface area contributed by atoms with Crippen LogP contribution in [0.5, 0.6) is 0 Å². The molecule has 0 radical (unpaired) electrons. The van der Waals surface area contributed by atoms with Gasteiger partial charge < -0.3 is 9.13 Å². The monoisotopic (exact) mass is 642 g/mol. The van der Waals surface area contributed by atoms with E-state index in [9.17, 15) is 0 Å². The minimum absolute atomic E-state index is 1.13. The maximum absolute atomic E-state index is 2.44. The summed E-state index contributed by atoms with van der Waals surface area (Å²) in [5.74, 6) is 0. The van der Waals surface area contributed by atoms with Gasteiger partial charge in [-0.15, -0.1) is 0 Å². The van der Waals surface area contributed by atoms with Crippen LogP contribution in [0.1, 0.15) is 17.5 Å². The summed E-state index contributed by atoms with van der Waals surface area (Å²) in [6.45, 7) is 0. The van der Waals surface area contributed by atoms with Crippen LogP contribution < -0.4 is 0 Å². The first-order valence-electron chi connectivity index (χ1n) is 17.1. The van der Waals surface area contributed by atoms with E-state index in [0.717, 1.165) is 12.8 Å². The Kier molecular flexibility index (Phi) is 5.75. The number of aryl methyl sites for hydroxylation is 1. The zero-order valence-electron chi connectivity index (χ0n) is 26.7. The minimum atomic E-state index is 1.13. The zero-order chi connectivity index (χ0) is 32.1. The fourth-order valence-electron chi connectivity index (χ4n) is 8.39. The largest absolute Gasteiger partial charge is 0.309 e. The lowest BCUT2D eigenvalue weighted by Gasteiger charge is -2.27. The van der Waals surface area contributed by atoms with Crippen LogP contribution in [-0.4, -0.2) is 9.13 Å². The summed E-state index contributed by atoms with van der Waals surface area (Å²) < 4.78 is 4.82. The van der Waals surface area contributed by atoms with Crippen LogP contribution in [0.2, 0.25) is 0 Å². The van der Waals surface area contributed by atoms with Gasteiger partial charge in [0.15, 0.2) is 0 Å². The highest BCUT2D eigenvalue weighted by molar-refractivity contribution is 8.08. The maximum Gasteiger partial charge on any atom is 0.0542 e. The van der Waals surface area contributed by atoms with E-state index in [4.69, 9.17) is 0 Å². The molecule has 2 aliphatic rings. The van der Waals surface area contributed by atoms with Crippen LogP contribution in [0.15, 0.2) is 163 Å². The van der Waals surface area contributed by atoms with Gasteiger partial charge in [0, 0.05) is 42.7 Å². The van der Waals surface area contributed by atoms with Crippen LogP contribution in [0.4, 0.5) is 0 Å². The molecular formula is C46H30N2S. The van der Waals surface area contributed by atoms with Gasteiger partial charge in [-0.25, -0.2) is 0 Å². The Morgan fingerprint density at radius 1 is 0.449 bits per heavy atom.